The average molecular weight is 267 g/mol. The lowest BCUT2D eigenvalue weighted by Crippen LogP contribution is -2.02. The van der Waals surface area contributed by atoms with Crippen molar-refractivity contribution in [3.05, 3.63) is 23.3 Å². The molecule has 0 saturated heterocycles. The maximum absolute atomic E-state index is 11.9. The highest BCUT2D eigenvalue weighted by atomic mass is 35.7. The Bertz CT molecular complexity index is 462. The molecule has 0 unspecified atom stereocenters. The van der Waals surface area contributed by atoms with E-state index in [2.05, 4.69) is 0 Å². The van der Waals surface area contributed by atoms with Gasteiger partial charge < -0.3 is 4.74 Å². The topological polar surface area (TPSA) is 43.4 Å². The summed E-state index contributed by atoms with van der Waals surface area (Å²) < 4.78 is 39.5. The first-order chi connectivity index (χ1) is 7.36. The highest BCUT2D eigenvalue weighted by Gasteiger charge is 2.17. The van der Waals surface area contributed by atoms with E-state index in [1.54, 1.807) is 13.8 Å². The molecular weight excluding hydrogens is 255 g/mol. The number of halogens is 2. The molecule has 1 aromatic rings. The van der Waals surface area contributed by atoms with E-state index >= 15 is 0 Å². The standard InChI is InChI=1S/C10H12ClFO3S/c1-7-5-9(15-4-3-12)6-8(2)10(7)16(11,13)14/h5-6H,3-4H2,1-2H3. The summed E-state index contributed by atoms with van der Waals surface area (Å²) in [6.45, 7) is 2.59. The molecule has 0 atom stereocenters. The molecule has 0 heterocycles. The van der Waals surface area contributed by atoms with Crippen molar-refractivity contribution in [1.82, 2.24) is 0 Å². The molecule has 1 rings (SSSR count). The van der Waals surface area contributed by atoms with Crippen LogP contribution >= 0.6 is 10.7 Å². The lowest BCUT2D eigenvalue weighted by atomic mass is 10.1. The van der Waals surface area contributed by atoms with Crippen LogP contribution in [0.25, 0.3) is 0 Å². The third-order valence-corrected chi connectivity index (χ3v) is 3.62. The second-order valence-electron chi connectivity index (χ2n) is 3.36. The molecule has 0 bridgehead atoms. The molecule has 0 radical (unpaired) electrons. The van der Waals surface area contributed by atoms with Gasteiger partial charge in [0.15, 0.2) is 0 Å². The molecule has 16 heavy (non-hydrogen) atoms. The van der Waals surface area contributed by atoms with Crippen LogP contribution in [-0.2, 0) is 9.05 Å². The van der Waals surface area contributed by atoms with Gasteiger partial charge in [0.05, 0.1) is 4.90 Å². The van der Waals surface area contributed by atoms with Crippen molar-refractivity contribution in [2.75, 3.05) is 13.3 Å². The number of hydrogen-bond acceptors (Lipinski definition) is 3. The van der Waals surface area contributed by atoms with Gasteiger partial charge in [-0.1, -0.05) is 0 Å². The van der Waals surface area contributed by atoms with Crippen LogP contribution in [-0.4, -0.2) is 21.7 Å². The van der Waals surface area contributed by atoms with E-state index in [0.29, 0.717) is 16.9 Å². The third-order valence-electron chi connectivity index (χ3n) is 2.02. The van der Waals surface area contributed by atoms with Gasteiger partial charge in [-0.3, -0.25) is 0 Å². The van der Waals surface area contributed by atoms with Gasteiger partial charge in [0.1, 0.15) is 19.0 Å². The number of hydrogen-bond donors (Lipinski definition) is 0. The van der Waals surface area contributed by atoms with Crippen molar-refractivity contribution in [3.8, 4) is 5.75 Å². The fraction of sp³-hybridized carbons (Fsp3) is 0.400. The number of alkyl halides is 1. The smallest absolute Gasteiger partial charge is 0.261 e. The zero-order chi connectivity index (χ0) is 12.3. The van der Waals surface area contributed by atoms with Crippen LogP contribution in [0, 0.1) is 13.8 Å². The maximum atomic E-state index is 11.9. The summed E-state index contributed by atoms with van der Waals surface area (Å²) in [5, 5.41) is 0. The molecule has 0 aliphatic heterocycles. The Morgan fingerprint density at radius 3 is 2.19 bits per heavy atom. The molecule has 0 fully saturated rings. The summed E-state index contributed by atoms with van der Waals surface area (Å²) in [7, 11) is 1.54. The fourth-order valence-corrected chi connectivity index (χ4v) is 3.15. The van der Waals surface area contributed by atoms with E-state index < -0.39 is 15.7 Å². The van der Waals surface area contributed by atoms with Gasteiger partial charge in [-0.2, -0.15) is 0 Å². The van der Waals surface area contributed by atoms with E-state index in [1.165, 1.54) is 12.1 Å². The van der Waals surface area contributed by atoms with Crippen LogP contribution < -0.4 is 4.74 Å². The van der Waals surface area contributed by atoms with Gasteiger partial charge in [0, 0.05) is 10.7 Å². The summed E-state index contributed by atoms with van der Waals surface area (Å²) in [6, 6.07) is 3.05. The monoisotopic (exact) mass is 266 g/mol. The Balaban J connectivity index is 3.18. The number of ether oxygens (including phenoxy) is 1. The minimum absolute atomic E-state index is 0.0498. The lowest BCUT2D eigenvalue weighted by Gasteiger charge is -2.10. The minimum atomic E-state index is -3.76. The van der Waals surface area contributed by atoms with Crippen molar-refractivity contribution in [2.24, 2.45) is 0 Å². The lowest BCUT2D eigenvalue weighted by molar-refractivity contribution is 0.273. The van der Waals surface area contributed by atoms with Crippen molar-refractivity contribution in [1.29, 1.82) is 0 Å². The summed E-state index contributed by atoms with van der Waals surface area (Å²) in [5.41, 5.74) is 0.979. The molecule has 0 aliphatic carbocycles. The zero-order valence-electron chi connectivity index (χ0n) is 8.96. The summed E-state index contributed by atoms with van der Waals surface area (Å²) in [4.78, 5) is 0.0850. The summed E-state index contributed by atoms with van der Waals surface area (Å²) >= 11 is 0. The van der Waals surface area contributed by atoms with Crippen LogP contribution in [0.4, 0.5) is 4.39 Å². The Morgan fingerprint density at radius 1 is 1.31 bits per heavy atom. The molecule has 0 N–H and O–H groups in total. The van der Waals surface area contributed by atoms with Crippen LogP contribution in [0.3, 0.4) is 0 Å². The van der Waals surface area contributed by atoms with Crippen LogP contribution in [0.5, 0.6) is 5.75 Å². The van der Waals surface area contributed by atoms with E-state index in [4.69, 9.17) is 15.4 Å². The second kappa shape index (κ2) is 5.01. The Hall–Kier alpha value is -0.810. The van der Waals surface area contributed by atoms with Crippen LogP contribution in [0.2, 0.25) is 0 Å². The molecule has 3 nitrogen and oxygen atoms in total. The number of aryl methyl sites for hydroxylation is 2. The molecule has 90 valence electrons. The highest BCUT2D eigenvalue weighted by Crippen LogP contribution is 2.28. The van der Waals surface area contributed by atoms with E-state index in [1.807, 2.05) is 0 Å². The van der Waals surface area contributed by atoms with Gasteiger partial charge in [-0.05, 0) is 37.1 Å². The van der Waals surface area contributed by atoms with Gasteiger partial charge in [-0.25, -0.2) is 12.8 Å². The molecule has 1 aromatic carbocycles. The minimum Gasteiger partial charge on any atom is -0.491 e. The Labute approximate surface area is 98.6 Å². The summed E-state index contributed by atoms with van der Waals surface area (Å²) in [5.74, 6) is 0.441. The quantitative estimate of drug-likeness (QED) is 0.787. The second-order valence-corrected chi connectivity index (χ2v) is 5.86. The third kappa shape index (κ3) is 3.09. The zero-order valence-corrected chi connectivity index (χ0v) is 10.5. The van der Waals surface area contributed by atoms with Crippen molar-refractivity contribution >= 4 is 19.7 Å². The van der Waals surface area contributed by atoms with E-state index in [9.17, 15) is 12.8 Å². The predicted octanol–water partition coefficient (Wildman–Crippen LogP) is 2.58. The average Bonchev–Trinajstić information content (AvgIpc) is 2.11. The van der Waals surface area contributed by atoms with E-state index in [-0.39, 0.29) is 11.5 Å². The highest BCUT2D eigenvalue weighted by molar-refractivity contribution is 8.13. The largest absolute Gasteiger partial charge is 0.491 e. The first-order valence-electron chi connectivity index (χ1n) is 4.61. The normalized spacial score (nSPS) is 11.5. The number of rotatable bonds is 4. The molecule has 0 aliphatic rings. The van der Waals surface area contributed by atoms with Gasteiger partial charge >= 0.3 is 0 Å². The van der Waals surface area contributed by atoms with Gasteiger partial charge in [0.2, 0.25) is 0 Å². The molecular formula is C10H12ClFO3S. The predicted molar refractivity (Wildman–Crippen MR) is 60.4 cm³/mol. The summed E-state index contributed by atoms with van der Waals surface area (Å²) in [6.07, 6.45) is 0. The van der Waals surface area contributed by atoms with Crippen LogP contribution in [0.15, 0.2) is 17.0 Å². The first kappa shape index (κ1) is 13.3. The molecule has 6 heteroatoms. The van der Waals surface area contributed by atoms with Crippen molar-refractivity contribution < 1.29 is 17.5 Å². The molecule has 0 amide bonds. The fourth-order valence-electron chi connectivity index (χ4n) is 1.53. The first-order valence-corrected chi connectivity index (χ1v) is 6.92. The Morgan fingerprint density at radius 2 is 1.81 bits per heavy atom. The van der Waals surface area contributed by atoms with E-state index in [0.717, 1.165) is 0 Å². The SMILES string of the molecule is Cc1cc(OCCF)cc(C)c1S(=O)(=O)Cl. The molecule has 0 aromatic heterocycles. The van der Waals surface area contributed by atoms with Gasteiger partial charge in [-0.15, -0.1) is 0 Å². The van der Waals surface area contributed by atoms with Crippen molar-refractivity contribution in [3.63, 3.8) is 0 Å². The number of benzene rings is 1. The maximum Gasteiger partial charge on any atom is 0.261 e. The van der Waals surface area contributed by atoms with Crippen LogP contribution in [0.1, 0.15) is 11.1 Å². The Kier molecular flexibility index (Phi) is 4.15. The molecule has 0 spiro atoms. The van der Waals surface area contributed by atoms with Crippen molar-refractivity contribution in [2.45, 2.75) is 18.7 Å². The molecule has 0 saturated carbocycles. The van der Waals surface area contributed by atoms with Gasteiger partial charge in [0.25, 0.3) is 9.05 Å².